The van der Waals surface area contributed by atoms with E-state index in [1.54, 1.807) is 5.57 Å². The highest BCUT2D eigenvalue weighted by Crippen LogP contribution is 2.59. The van der Waals surface area contributed by atoms with Crippen molar-refractivity contribution in [3.8, 4) is 0 Å². The Morgan fingerprint density at radius 1 is 1.04 bits per heavy atom. The van der Waals surface area contributed by atoms with E-state index in [2.05, 4.69) is 48.9 Å². The lowest BCUT2D eigenvalue weighted by Gasteiger charge is -2.67. The van der Waals surface area contributed by atoms with Crippen LogP contribution in [0.3, 0.4) is 0 Å². The molecule has 4 heterocycles. The smallest absolute Gasteiger partial charge is 0.0507 e. The van der Waals surface area contributed by atoms with Gasteiger partial charge in [0.2, 0.25) is 0 Å². The summed E-state index contributed by atoms with van der Waals surface area (Å²) < 4.78 is 0. The summed E-state index contributed by atoms with van der Waals surface area (Å²) in [6, 6.07) is 0.671. The molecule has 2 atom stereocenters. The fourth-order valence-electron chi connectivity index (χ4n) is 7.33. The zero-order valence-corrected chi connectivity index (χ0v) is 15.4. The molecule has 5 fully saturated rings. The monoisotopic (exact) mass is 315 g/mol. The average molecular weight is 316 g/mol. The largest absolute Gasteiger partial charge is 0.309 e. The molecule has 0 aromatic heterocycles. The lowest BCUT2D eigenvalue weighted by atomic mass is 9.49. The normalized spacial score (nSPS) is 55.5. The second-order valence-electron chi connectivity index (χ2n) is 10.6. The molecule has 0 radical (unpaired) electrons. The number of nitrogens with zero attached hydrogens (tertiary/aromatic N) is 2. The van der Waals surface area contributed by atoms with Crippen LogP contribution < -0.4 is 5.32 Å². The van der Waals surface area contributed by atoms with Crippen LogP contribution in [0.5, 0.6) is 0 Å². The summed E-state index contributed by atoms with van der Waals surface area (Å²) in [6.07, 6.45) is 5.34. The maximum Gasteiger partial charge on any atom is 0.0507 e. The van der Waals surface area contributed by atoms with E-state index in [1.807, 2.05) is 0 Å². The summed E-state index contributed by atoms with van der Waals surface area (Å²) in [7, 11) is 0. The van der Waals surface area contributed by atoms with E-state index in [9.17, 15) is 0 Å². The Morgan fingerprint density at radius 3 is 2.17 bits per heavy atom. The van der Waals surface area contributed by atoms with Gasteiger partial charge in [-0.25, -0.2) is 0 Å². The van der Waals surface area contributed by atoms with Gasteiger partial charge >= 0.3 is 0 Å². The third-order valence-electron chi connectivity index (χ3n) is 8.23. The molecule has 128 valence electrons. The molecule has 3 aliphatic carbocycles. The van der Waals surface area contributed by atoms with Gasteiger partial charge in [-0.2, -0.15) is 0 Å². The number of fused-ring (bicyclic) bond motifs is 1. The highest BCUT2D eigenvalue weighted by atomic mass is 15.4. The lowest BCUT2D eigenvalue weighted by molar-refractivity contribution is -0.174. The predicted octanol–water partition coefficient (Wildman–Crippen LogP) is 2.55. The van der Waals surface area contributed by atoms with Crippen molar-refractivity contribution in [2.75, 3.05) is 39.4 Å². The van der Waals surface area contributed by atoms with Crippen LogP contribution in [0.2, 0.25) is 0 Å². The summed E-state index contributed by atoms with van der Waals surface area (Å²) in [5.74, 6) is 1.80. The van der Waals surface area contributed by atoms with Crippen LogP contribution in [0.25, 0.3) is 0 Å². The molecule has 1 saturated carbocycles. The summed E-state index contributed by atoms with van der Waals surface area (Å²) >= 11 is 0. The maximum atomic E-state index is 4.09. The van der Waals surface area contributed by atoms with Crippen LogP contribution in [0.15, 0.2) is 11.6 Å². The topological polar surface area (TPSA) is 18.5 Å². The average Bonchev–Trinajstić information content (AvgIpc) is 2.44. The van der Waals surface area contributed by atoms with E-state index in [0.29, 0.717) is 22.3 Å². The minimum Gasteiger partial charge on any atom is -0.309 e. The molecule has 6 bridgehead atoms. The van der Waals surface area contributed by atoms with E-state index in [-0.39, 0.29) is 0 Å². The second kappa shape index (κ2) is 4.42. The molecule has 23 heavy (non-hydrogen) atoms. The summed E-state index contributed by atoms with van der Waals surface area (Å²) in [4.78, 5) is 5.37. The van der Waals surface area contributed by atoms with Gasteiger partial charge in [0.1, 0.15) is 0 Å². The van der Waals surface area contributed by atoms with E-state index in [4.69, 9.17) is 0 Å². The van der Waals surface area contributed by atoms with Gasteiger partial charge in [-0.15, -0.1) is 0 Å². The van der Waals surface area contributed by atoms with Crippen molar-refractivity contribution < 1.29 is 0 Å². The molecule has 0 unspecified atom stereocenters. The van der Waals surface area contributed by atoms with Gasteiger partial charge in [-0.3, -0.25) is 9.80 Å². The zero-order chi connectivity index (χ0) is 16.0. The molecule has 0 amide bonds. The van der Waals surface area contributed by atoms with Crippen LogP contribution >= 0.6 is 0 Å². The van der Waals surface area contributed by atoms with Crippen LogP contribution in [-0.4, -0.2) is 55.2 Å². The minimum absolute atomic E-state index is 0.427. The highest BCUT2D eigenvalue weighted by molar-refractivity contribution is 5.25. The number of allylic oxidation sites excluding steroid dienone is 1. The third kappa shape index (κ3) is 1.93. The molecule has 1 N–H and O–H groups in total. The molecular weight excluding hydrogens is 282 g/mol. The molecule has 0 aromatic carbocycles. The van der Waals surface area contributed by atoms with Crippen molar-refractivity contribution in [2.24, 2.45) is 28.1 Å². The molecule has 4 aliphatic heterocycles. The Morgan fingerprint density at radius 2 is 1.65 bits per heavy atom. The van der Waals surface area contributed by atoms with Crippen molar-refractivity contribution in [2.45, 2.75) is 46.6 Å². The lowest BCUT2D eigenvalue weighted by Crippen LogP contribution is -2.79. The van der Waals surface area contributed by atoms with E-state index in [0.717, 1.165) is 18.4 Å². The van der Waals surface area contributed by atoms with Crippen LogP contribution in [0, 0.1) is 28.1 Å². The minimum atomic E-state index is 0.427. The van der Waals surface area contributed by atoms with Gasteiger partial charge in [0.15, 0.2) is 0 Å². The summed E-state index contributed by atoms with van der Waals surface area (Å²) in [5, 5.41) is 4.09. The predicted molar refractivity (Wildman–Crippen MR) is 94.1 cm³/mol. The Kier molecular flexibility index (Phi) is 2.87. The summed E-state index contributed by atoms with van der Waals surface area (Å²) in [6.45, 7) is 17.5. The molecule has 7 aliphatic rings. The van der Waals surface area contributed by atoms with Crippen molar-refractivity contribution in [3.63, 3.8) is 0 Å². The van der Waals surface area contributed by atoms with Crippen molar-refractivity contribution in [3.05, 3.63) is 11.6 Å². The first-order valence-electron chi connectivity index (χ1n) is 9.67. The van der Waals surface area contributed by atoms with Crippen LogP contribution in [-0.2, 0) is 0 Å². The quantitative estimate of drug-likeness (QED) is 0.808. The first-order valence-corrected chi connectivity index (χ1v) is 9.67. The van der Waals surface area contributed by atoms with Crippen LogP contribution in [0.1, 0.15) is 40.5 Å². The standard InChI is InChI=1S/C20H33N3/c1-18(2)15-6-5-14(16(18)7-15)8-21-17-19(3)9-22-11-20(17,4)12-23(10-19)13-22/h5,15-17,21H,6-13H2,1-4H3/t15-,16-,17?,19?,20?/m0/s1. The van der Waals surface area contributed by atoms with Gasteiger partial charge in [-0.1, -0.05) is 39.3 Å². The first kappa shape index (κ1) is 14.9. The van der Waals surface area contributed by atoms with Gasteiger partial charge in [0.05, 0.1) is 6.67 Å². The summed E-state index contributed by atoms with van der Waals surface area (Å²) in [5.41, 5.74) is 3.13. The number of piperidine rings is 2. The Balaban J connectivity index is 1.34. The number of nitrogens with one attached hydrogen (secondary N) is 1. The Labute approximate surface area is 141 Å². The van der Waals surface area contributed by atoms with Gasteiger partial charge < -0.3 is 5.32 Å². The molecule has 7 rings (SSSR count). The van der Waals surface area contributed by atoms with Gasteiger partial charge in [0, 0.05) is 49.6 Å². The SMILES string of the molecule is CC12CN3CN(C1)CC(C)(C3)C2NCC1=CC[C@H]2C[C@@H]1C2(C)C. The third-order valence-corrected chi connectivity index (χ3v) is 8.23. The molecule has 4 saturated heterocycles. The van der Waals surface area contributed by atoms with Crippen molar-refractivity contribution in [1.29, 1.82) is 0 Å². The van der Waals surface area contributed by atoms with Gasteiger partial charge in [0.25, 0.3) is 0 Å². The highest BCUT2D eigenvalue weighted by Gasteiger charge is 2.59. The van der Waals surface area contributed by atoms with Gasteiger partial charge in [-0.05, 0) is 30.1 Å². The van der Waals surface area contributed by atoms with Crippen molar-refractivity contribution >= 4 is 0 Å². The Bertz CT molecular complexity index is 527. The number of rotatable bonds is 3. The van der Waals surface area contributed by atoms with E-state index in [1.165, 1.54) is 45.7 Å². The maximum absolute atomic E-state index is 4.09. The molecule has 0 aromatic rings. The Hall–Kier alpha value is -0.380. The molecule has 3 nitrogen and oxygen atoms in total. The number of hydrogen-bond donors (Lipinski definition) is 1. The second-order valence-corrected chi connectivity index (χ2v) is 10.6. The molecule has 0 spiro atoms. The first-order chi connectivity index (χ1) is 10.8. The fourth-order valence-corrected chi connectivity index (χ4v) is 7.33. The zero-order valence-electron chi connectivity index (χ0n) is 15.4. The number of hydrogen-bond acceptors (Lipinski definition) is 3. The van der Waals surface area contributed by atoms with E-state index < -0.39 is 0 Å². The van der Waals surface area contributed by atoms with Crippen molar-refractivity contribution in [1.82, 2.24) is 15.1 Å². The molecular formula is C20H33N3. The molecule has 3 heteroatoms. The van der Waals surface area contributed by atoms with Crippen LogP contribution in [0.4, 0.5) is 0 Å². The fraction of sp³-hybridized carbons (Fsp3) is 0.900. The van der Waals surface area contributed by atoms with E-state index >= 15 is 0 Å².